The Morgan fingerprint density at radius 1 is 1.40 bits per heavy atom. The molecule has 0 bridgehead atoms. The fourth-order valence-corrected chi connectivity index (χ4v) is 2.19. The second kappa shape index (κ2) is 5.33. The third-order valence-electron chi connectivity index (χ3n) is 3.20. The Kier molecular flexibility index (Phi) is 4.36. The number of hydrogen-bond donors (Lipinski definition) is 2. The van der Waals surface area contributed by atoms with Crippen LogP contribution in [0.5, 0.6) is 0 Å². The van der Waals surface area contributed by atoms with Crippen LogP contribution in [-0.2, 0) is 6.42 Å². The summed E-state index contributed by atoms with van der Waals surface area (Å²) in [5.74, 6) is 0. The minimum absolute atomic E-state index is 0.0638. The Morgan fingerprint density at radius 3 is 2.47 bits per heavy atom. The third kappa shape index (κ3) is 2.83. The van der Waals surface area contributed by atoms with Gasteiger partial charge >= 0.3 is 0 Å². The van der Waals surface area contributed by atoms with Gasteiger partial charge in [-0.05, 0) is 32.1 Å². The van der Waals surface area contributed by atoms with Crippen molar-refractivity contribution < 1.29 is 0 Å². The molecule has 1 aromatic rings. The molecule has 1 atom stereocenters. The van der Waals surface area contributed by atoms with Crippen molar-refractivity contribution in [3.8, 4) is 0 Å². The highest BCUT2D eigenvalue weighted by Gasteiger charge is 2.28. The number of H-pyrrole nitrogens is 1. The van der Waals surface area contributed by atoms with Crippen LogP contribution < -0.4 is 5.73 Å². The number of hydrogen-bond acceptors (Lipinski definition) is 2. The number of likely N-dealkylation sites (N-methyl/N-ethyl adjacent to an activating group) is 1. The standard InChI is InChI=1S/C12H23N3/c1-4-15(5-2)12(3,10-13)9-11-7-6-8-14-11/h6-8,14H,4-5,9-10,13H2,1-3H3. The van der Waals surface area contributed by atoms with Crippen molar-refractivity contribution in [2.45, 2.75) is 32.7 Å². The molecule has 0 spiro atoms. The first-order valence-corrected chi connectivity index (χ1v) is 5.73. The zero-order valence-electron chi connectivity index (χ0n) is 10.1. The predicted octanol–water partition coefficient (Wildman–Crippen LogP) is 1.62. The van der Waals surface area contributed by atoms with Crippen LogP contribution in [0.1, 0.15) is 26.5 Å². The quantitative estimate of drug-likeness (QED) is 0.747. The predicted molar refractivity (Wildman–Crippen MR) is 64.9 cm³/mol. The van der Waals surface area contributed by atoms with Crippen LogP contribution >= 0.6 is 0 Å². The summed E-state index contributed by atoms with van der Waals surface area (Å²) in [6.07, 6.45) is 2.95. The fourth-order valence-electron chi connectivity index (χ4n) is 2.19. The summed E-state index contributed by atoms with van der Waals surface area (Å²) in [6.45, 7) is 9.39. The second-order valence-electron chi connectivity index (χ2n) is 4.25. The number of nitrogens with one attached hydrogen (secondary N) is 1. The Balaban J connectivity index is 2.75. The molecule has 1 rings (SSSR count). The van der Waals surface area contributed by atoms with Crippen LogP contribution in [0.25, 0.3) is 0 Å². The minimum Gasteiger partial charge on any atom is -0.365 e. The number of nitrogens with two attached hydrogens (primary N) is 1. The summed E-state index contributed by atoms with van der Waals surface area (Å²) in [4.78, 5) is 5.67. The highest BCUT2D eigenvalue weighted by Crippen LogP contribution is 2.18. The summed E-state index contributed by atoms with van der Waals surface area (Å²) in [6, 6.07) is 4.16. The molecule has 1 heterocycles. The van der Waals surface area contributed by atoms with Crippen LogP contribution in [0, 0.1) is 0 Å². The fraction of sp³-hybridized carbons (Fsp3) is 0.667. The van der Waals surface area contributed by atoms with E-state index in [-0.39, 0.29) is 5.54 Å². The second-order valence-corrected chi connectivity index (χ2v) is 4.25. The van der Waals surface area contributed by atoms with E-state index >= 15 is 0 Å². The first-order chi connectivity index (χ1) is 7.16. The van der Waals surface area contributed by atoms with Gasteiger partial charge in [-0.25, -0.2) is 0 Å². The Morgan fingerprint density at radius 2 is 2.07 bits per heavy atom. The van der Waals surface area contributed by atoms with Crippen LogP contribution in [0.4, 0.5) is 0 Å². The van der Waals surface area contributed by atoms with Gasteiger partial charge in [-0.3, -0.25) is 4.90 Å². The van der Waals surface area contributed by atoms with E-state index in [0.29, 0.717) is 6.54 Å². The van der Waals surface area contributed by atoms with Crippen molar-refractivity contribution in [1.29, 1.82) is 0 Å². The molecule has 0 fully saturated rings. The van der Waals surface area contributed by atoms with Gasteiger partial charge in [0.2, 0.25) is 0 Å². The van der Waals surface area contributed by atoms with Crippen molar-refractivity contribution in [1.82, 2.24) is 9.88 Å². The highest BCUT2D eigenvalue weighted by molar-refractivity contribution is 5.09. The summed E-state index contributed by atoms with van der Waals surface area (Å²) >= 11 is 0. The lowest BCUT2D eigenvalue weighted by molar-refractivity contribution is 0.123. The largest absolute Gasteiger partial charge is 0.365 e. The van der Waals surface area contributed by atoms with E-state index in [4.69, 9.17) is 5.73 Å². The number of nitrogens with zero attached hydrogens (tertiary/aromatic N) is 1. The smallest absolute Gasteiger partial charge is 0.0357 e. The average molecular weight is 209 g/mol. The normalized spacial score (nSPS) is 15.5. The maximum absolute atomic E-state index is 5.92. The van der Waals surface area contributed by atoms with E-state index in [2.05, 4.69) is 36.7 Å². The molecule has 0 aliphatic rings. The number of rotatable bonds is 6. The molecule has 1 unspecified atom stereocenters. The summed E-state index contributed by atoms with van der Waals surface area (Å²) in [5, 5.41) is 0. The average Bonchev–Trinajstić information content (AvgIpc) is 2.72. The SMILES string of the molecule is CCN(CC)C(C)(CN)Cc1ccc[nH]1. The monoisotopic (exact) mass is 209 g/mol. The van der Waals surface area contributed by atoms with Gasteiger partial charge in [0.25, 0.3) is 0 Å². The molecule has 86 valence electrons. The maximum atomic E-state index is 5.92. The lowest BCUT2D eigenvalue weighted by atomic mass is 9.93. The molecular formula is C12H23N3. The van der Waals surface area contributed by atoms with Gasteiger partial charge in [-0.2, -0.15) is 0 Å². The first-order valence-electron chi connectivity index (χ1n) is 5.73. The van der Waals surface area contributed by atoms with Crippen molar-refractivity contribution >= 4 is 0 Å². The van der Waals surface area contributed by atoms with E-state index in [0.717, 1.165) is 19.5 Å². The van der Waals surface area contributed by atoms with Gasteiger partial charge in [0.15, 0.2) is 0 Å². The zero-order valence-corrected chi connectivity index (χ0v) is 10.1. The van der Waals surface area contributed by atoms with Crippen LogP contribution in [0.15, 0.2) is 18.3 Å². The molecule has 15 heavy (non-hydrogen) atoms. The number of aromatic amines is 1. The Labute approximate surface area is 92.7 Å². The molecule has 3 heteroatoms. The van der Waals surface area contributed by atoms with Crippen molar-refractivity contribution in [2.24, 2.45) is 5.73 Å². The minimum atomic E-state index is 0.0638. The van der Waals surface area contributed by atoms with Gasteiger partial charge in [0.05, 0.1) is 0 Å². The number of aromatic nitrogens is 1. The Hall–Kier alpha value is -0.800. The van der Waals surface area contributed by atoms with E-state index in [9.17, 15) is 0 Å². The van der Waals surface area contributed by atoms with Crippen molar-refractivity contribution in [2.75, 3.05) is 19.6 Å². The maximum Gasteiger partial charge on any atom is 0.0357 e. The molecule has 0 amide bonds. The first kappa shape index (κ1) is 12.3. The summed E-state index contributed by atoms with van der Waals surface area (Å²) in [7, 11) is 0. The van der Waals surface area contributed by atoms with Crippen LogP contribution in [-0.4, -0.2) is 35.1 Å². The van der Waals surface area contributed by atoms with E-state index in [1.54, 1.807) is 0 Å². The molecule has 0 saturated carbocycles. The van der Waals surface area contributed by atoms with Crippen LogP contribution in [0.2, 0.25) is 0 Å². The van der Waals surface area contributed by atoms with Crippen molar-refractivity contribution in [3.63, 3.8) is 0 Å². The van der Waals surface area contributed by atoms with E-state index in [1.165, 1.54) is 5.69 Å². The molecule has 3 N–H and O–H groups in total. The van der Waals surface area contributed by atoms with Crippen molar-refractivity contribution in [3.05, 3.63) is 24.0 Å². The van der Waals surface area contributed by atoms with E-state index in [1.807, 2.05) is 12.3 Å². The van der Waals surface area contributed by atoms with Gasteiger partial charge < -0.3 is 10.7 Å². The molecule has 0 radical (unpaired) electrons. The molecule has 0 aromatic carbocycles. The summed E-state index contributed by atoms with van der Waals surface area (Å²) in [5.41, 5.74) is 7.24. The molecule has 0 aliphatic carbocycles. The third-order valence-corrected chi connectivity index (χ3v) is 3.20. The van der Waals surface area contributed by atoms with Gasteiger partial charge in [-0.15, -0.1) is 0 Å². The zero-order chi connectivity index (χ0) is 11.3. The molecule has 1 aromatic heterocycles. The molecule has 0 aliphatic heterocycles. The van der Waals surface area contributed by atoms with Gasteiger partial charge in [-0.1, -0.05) is 13.8 Å². The lowest BCUT2D eigenvalue weighted by Gasteiger charge is -2.39. The Bertz CT molecular complexity index is 264. The van der Waals surface area contributed by atoms with Crippen LogP contribution in [0.3, 0.4) is 0 Å². The van der Waals surface area contributed by atoms with E-state index < -0.39 is 0 Å². The molecule has 0 saturated heterocycles. The topological polar surface area (TPSA) is 45.0 Å². The van der Waals surface area contributed by atoms with Gasteiger partial charge in [0, 0.05) is 30.4 Å². The highest BCUT2D eigenvalue weighted by atomic mass is 15.2. The molecular weight excluding hydrogens is 186 g/mol. The van der Waals surface area contributed by atoms with Gasteiger partial charge in [0.1, 0.15) is 0 Å². The molecule has 3 nitrogen and oxygen atoms in total. The summed E-state index contributed by atoms with van der Waals surface area (Å²) < 4.78 is 0. The lowest BCUT2D eigenvalue weighted by Crippen LogP contribution is -2.53.